The van der Waals surface area contributed by atoms with Gasteiger partial charge in [-0.2, -0.15) is 0 Å². The third kappa shape index (κ3) is 20.3. The first kappa shape index (κ1) is 103. The van der Waals surface area contributed by atoms with Crippen molar-refractivity contribution in [3.63, 3.8) is 0 Å². The van der Waals surface area contributed by atoms with E-state index >= 15 is 0 Å². The molecule has 11 aromatic carbocycles. The molecule has 0 fully saturated rings. The Morgan fingerprint density at radius 1 is 0.220 bits per heavy atom. The lowest BCUT2D eigenvalue weighted by Gasteiger charge is -2.25. The largest absolute Gasteiger partial charge is 0.339 e. The maximum absolute atomic E-state index is 2.41. The number of fused-ring (bicyclic) bond motifs is 4. The van der Waals surface area contributed by atoms with E-state index in [0.717, 1.165) is 0 Å². The Morgan fingerprint density at radius 2 is 0.587 bits per heavy atom. The van der Waals surface area contributed by atoms with Crippen molar-refractivity contribution in [2.45, 2.75) is 141 Å². The molecule has 150 heavy (non-hydrogen) atoms. The molecule has 0 unspecified atom stereocenters. The van der Waals surface area contributed by atoms with Gasteiger partial charge in [0.05, 0.1) is 48.0 Å². The molecule has 6 atom stereocenters. The van der Waals surface area contributed by atoms with Crippen LogP contribution in [0.5, 0.6) is 0 Å². The van der Waals surface area contributed by atoms with Crippen molar-refractivity contribution in [3.05, 3.63) is 440 Å². The minimum Gasteiger partial charge on any atom is -0.339 e. The summed E-state index contributed by atoms with van der Waals surface area (Å²) in [7, 11) is 23.5. The summed E-state index contributed by atoms with van der Waals surface area (Å²) in [6.07, 6.45) is 23.2. The Morgan fingerprint density at radius 3 is 1.07 bits per heavy atom. The molecule has 0 bridgehead atoms. The van der Waals surface area contributed by atoms with Gasteiger partial charge in [0, 0.05) is 141 Å². The minimum atomic E-state index is 0.214. The Kier molecular flexibility index (Phi) is 30.5. The first-order valence-corrected chi connectivity index (χ1v) is 52.6. The number of rotatable bonds is 13. The third-order valence-electron chi connectivity index (χ3n) is 31.7. The van der Waals surface area contributed by atoms with Crippen LogP contribution >= 0.6 is 0 Å². The van der Waals surface area contributed by atoms with Crippen LogP contribution in [-0.2, 0) is 42.3 Å². The van der Waals surface area contributed by atoms with Crippen LogP contribution in [0.3, 0.4) is 0 Å². The third-order valence-corrected chi connectivity index (χ3v) is 31.7. The van der Waals surface area contributed by atoms with Crippen LogP contribution in [0.25, 0.3) is 99.9 Å². The summed E-state index contributed by atoms with van der Waals surface area (Å²) in [5.74, 6) is 7.20. The average Bonchev–Trinajstić information content (AvgIpc) is 1.57. The lowest BCUT2D eigenvalue weighted by molar-refractivity contribution is -0.648. The highest BCUT2D eigenvalue weighted by Gasteiger charge is 2.42. The molecule has 0 N–H and O–H groups in total. The second-order valence-electron chi connectivity index (χ2n) is 41.0. The molecule has 17 aromatic rings. The zero-order valence-electron chi connectivity index (χ0n) is 92.5. The number of aromatic nitrogens is 6. The molecular weight excluding hydrogens is 1840 g/mol. The first-order chi connectivity index (χ1) is 72.3. The highest BCUT2D eigenvalue weighted by Crippen LogP contribution is 2.44. The summed E-state index contributed by atoms with van der Waals surface area (Å²) >= 11 is 0. The van der Waals surface area contributed by atoms with Crippen molar-refractivity contribution < 1.29 is 27.4 Å². The minimum absolute atomic E-state index is 0.214. The molecule has 0 amide bonds. The van der Waals surface area contributed by atoms with Crippen LogP contribution in [0.2, 0.25) is 0 Å². The first-order valence-electron chi connectivity index (χ1n) is 52.6. The van der Waals surface area contributed by atoms with Gasteiger partial charge in [0.2, 0.25) is 0 Å². The van der Waals surface area contributed by atoms with Crippen molar-refractivity contribution in [1.29, 1.82) is 0 Å². The molecule has 0 saturated carbocycles. The zero-order valence-corrected chi connectivity index (χ0v) is 92.5. The van der Waals surface area contributed by atoms with E-state index < -0.39 is 0 Å². The van der Waals surface area contributed by atoms with Gasteiger partial charge in [-0.25, -0.2) is 56.8 Å². The second-order valence-corrected chi connectivity index (χ2v) is 41.0. The Hall–Kier alpha value is -16.6. The van der Waals surface area contributed by atoms with Crippen molar-refractivity contribution >= 4 is 84.3 Å². The highest BCUT2D eigenvalue weighted by molar-refractivity contribution is 5.97. The van der Waals surface area contributed by atoms with E-state index in [4.69, 9.17) is 0 Å². The SMILES string of the molecule is Cc1c(-c2cccc(N3C=CN(C)[C@@H]3C)[n+]2C)ccc2ccccc12.Cc1cc2ccccc2cc1-c1cccc(N2C=CN(C)[C@@H]2C)[n+]1C.Cc1ccc(N2C=CN(c3cccc(-c4ccccc4C)[n+]3C)[C@H]2C)cc1.Cc1ccc2ccccc2c1-c1cccc(N2C=CN(C)[C@@H]2C)[n+]1C.Cc1ccccc1-c1c(C)cc(C)c(N2C=CN(C)[C@@H]2C)[n+]1C.Cc1ccccc1-c1cccc(N2c3ccccc3N(C)[C@@H]2C)[n+]1C. The van der Waals surface area contributed by atoms with Crippen LogP contribution < -0.4 is 66.6 Å². The number of benzene rings is 11. The number of para-hydroxylation sites is 2. The number of aryl methyl sites for hydroxylation is 9. The highest BCUT2D eigenvalue weighted by atomic mass is 15.5. The Balaban J connectivity index is 0.000000117. The molecule has 6 aliphatic rings. The maximum atomic E-state index is 2.41. The van der Waals surface area contributed by atoms with Gasteiger partial charge < -0.3 is 29.4 Å². The summed E-state index contributed by atoms with van der Waals surface area (Å²) in [5, 5.41) is 7.77. The second kappa shape index (κ2) is 44.2. The fourth-order valence-electron chi connectivity index (χ4n) is 22.2. The van der Waals surface area contributed by atoms with Gasteiger partial charge in [-0.1, -0.05) is 200 Å². The van der Waals surface area contributed by atoms with E-state index in [1.165, 1.54) is 202 Å². The number of hydrogen-bond acceptors (Lipinski definition) is 12. The van der Waals surface area contributed by atoms with E-state index in [9.17, 15) is 0 Å². The van der Waals surface area contributed by atoms with Crippen LogP contribution in [0.1, 0.15) is 91.6 Å². The van der Waals surface area contributed by atoms with E-state index in [0.29, 0.717) is 24.7 Å². The van der Waals surface area contributed by atoms with Crippen LogP contribution in [-0.4, -0.2) is 91.8 Å². The summed E-state index contributed by atoms with van der Waals surface area (Å²) in [6.45, 7) is 33.0. The fourth-order valence-corrected chi connectivity index (χ4v) is 22.2. The van der Waals surface area contributed by atoms with E-state index in [1.54, 1.807) is 0 Å². The van der Waals surface area contributed by atoms with Gasteiger partial charge in [0.1, 0.15) is 65.2 Å². The zero-order chi connectivity index (χ0) is 106. The summed E-state index contributed by atoms with van der Waals surface area (Å²) < 4.78 is 13.8. The van der Waals surface area contributed by atoms with Crippen molar-refractivity contribution in [2.75, 3.05) is 74.4 Å². The van der Waals surface area contributed by atoms with Crippen LogP contribution in [0, 0.1) is 62.3 Å². The monoisotopic (exact) mass is 1990 g/mol. The predicted octanol–water partition coefficient (Wildman–Crippen LogP) is 25.7. The van der Waals surface area contributed by atoms with Gasteiger partial charge >= 0.3 is 0 Å². The predicted molar refractivity (Wildman–Crippen MR) is 625 cm³/mol. The molecule has 18 heteroatoms. The molecule has 18 nitrogen and oxygen atoms in total. The normalized spacial score (nSPS) is 16.7. The van der Waals surface area contributed by atoms with Gasteiger partial charge in [-0.05, 0) is 278 Å². The number of anilines is 9. The van der Waals surface area contributed by atoms with Crippen molar-refractivity contribution in [3.8, 4) is 67.5 Å². The molecule has 6 aromatic heterocycles. The molecule has 760 valence electrons. The quantitative estimate of drug-likeness (QED) is 0.103. The smallest absolute Gasteiger partial charge is 0.286 e. The fraction of sp³-hybridized carbons (Fsp3) is 0.242. The van der Waals surface area contributed by atoms with E-state index in [-0.39, 0.29) is 12.3 Å². The van der Waals surface area contributed by atoms with Gasteiger partial charge in [-0.3, -0.25) is 0 Å². The van der Waals surface area contributed by atoms with Gasteiger partial charge in [0.25, 0.3) is 34.9 Å². The van der Waals surface area contributed by atoms with E-state index in [1.807, 2.05) is 0 Å². The Labute approximate surface area is 890 Å². The summed E-state index contributed by atoms with van der Waals surface area (Å²) in [5.41, 5.74) is 30.6. The lowest BCUT2D eigenvalue weighted by Crippen LogP contribution is -2.44. The number of hydrogen-bond donors (Lipinski definition) is 0. The molecule has 0 radical (unpaired) electrons. The maximum Gasteiger partial charge on any atom is 0.286 e. The van der Waals surface area contributed by atoms with Crippen LogP contribution in [0.15, 0.2) is 390 Å². The molecule has 6 aliphatic heterocycles. The van der Waals surface area contributed by atoms with Crippen molar-refractivity contribution in [1.82, 2.24) is 19.6 Å². The summed E-state index contributed by atoms with van der Waals surface area (Å²) in [6, 6.07) is 117. The summed E-state index contributed by atoms with van der Waals surface area (Å²) in [4.78, 5) is 27.5. The molecule has 0 aliphatic carbocycles. The van der Waals surface area contributed by atoms with Gasteiger partial charge in [0.15, 0.2) is 42.7 Å². The average molecular weight is 1990 g/mol. The molecule has 0 saturated heterocycles. The lowest BCUT2D eigenvalue weighted by atomic mass is 9.96. The van der Waals surface area contributed by atoms with Crippen LogP contribution in [0.4, 0.5) is 52.0 Å². The van der Waals surface area contributed by atoms with E-state index in [2.05, 4.69) is 657 Å². The topological polar surface area (TPSA) is 62.2 Å². The Bertz CT molecular complexity index is 7940. The number of nitrogens with zero attached hydrogens (tertiary/aromatic N) is 18. The van der Waals surface area contributed by atoms with Crippen molar-refractivity contribution in [2.24, 2.45) is 42.3 Å². The van der Waals surface area contributed by atoms with Gasteiger partial charge in [-0.15, -0.1) is 0 Å². The molecule has 0 spiro atoms. The standard InChI is InChI=1S/C24H26N3.4C22H24N3.C20H26N3/c1-18-12-14-21(15-13-18)26-16-17-27(20(26)3)24-11-7-10-23(25(24)4)22-9-6-5-8-19(22)2;1-16-10-5-6-11-18(16)19-14-9-15-22(24(19)4)25-17(2)23(3)20-12-7-8-13-21(20)25;1-16-14-18-8-5-6-9-19(18)15-20(16)21-10-7-11-22(24(21)4)25-13-12-23(3)17(25)2;1-16-19-9-6-5-8-18(19)12-13-20(16)21-10-7-11-22(24(21)4)25-15-14-23(3)17(25)2;1-16-12-13-18-8-5-6-9-19(18)22(16)20-10-7-11-21(24(20)4)25-15-14-23(3)17(25)2;1-14-9-7-8-10-18(14)19-15(2)13-16(3)20(22(19)6)23-12-11-21(5)17(23)4/h5-17,20H,1-4H3;4*5-15,17H,1-4H3;7-13,17H,1-6H3/q6*+1/t20-;5*17-/m000000/s1. The molecule has 23 rings (SSSR count). The molecular formula is C132H148N18+6. The number of pyridine rings is 6. The molecule has 12 heterocycles.